The molecule has 4 nitrogen and oxygen atoms in total. The predicted molar refractivity (Wildman–Crippen MR) is 66.2 cm³/mol. The minimum atomic E-state index is 0.173. The number of nitrogens with one attached hydrogen (secondary N) is 1. The van der Waals surface area contributed by atoms with Crippen LogP contribution in [0, 0.1) is 0 Å². The van der Waals surface area contributed by atoms with Crippen LogP contribution in [0.4, 0.5) is 0 Å². The number of hydrogen-bond acceptors (Lipinski definition) is 3. The molecule has 1 aliphatic rings. The van der Waals surface area contributed by atoms with E-state index in [1.807, 2.05) is 6.92 Å². The molecular weight excluding hydrogens is 202 g/mol. The molecule has 4 heteroatoms. The summed E-state index contributed by atoms with van der Waals surface area (Å²) in [5.74, 6) is 0.173. The van der Waals surface area contributed by atoms with Gasteiger partial charge in [-0.3, -0.25) is 9.69 Å². The molecule has 1 amide bonds. The lowest BCUT2D eigenvalue weighted by molar-refractivity contribution is -0.121. The zero-order chi connectivity index (χ0) is 11.8. The molecule has 1 fully saturated rings. The van der Waals surface area contributed by atoms with Crippen LogP contribution in [0.15, 0.2) is 0 Å². The van der Waals surface area contributed by atoms with Crippen LogP contribution in [-0.2, 0) is 4.79 Å². The first-order chi connectivity index (χ1) is 7.77. The van der Waals surface area contributed by atoms with Gasteiger partial charge in [-0.2, -0.15) is 0 Å². The highest BCUT2D eigenvalue weighted by Gasteiger charge is 2.23. The third kappa shape index (κ3) is 4.49. The Bertz CT molecular complexity index is 208. The van der Waals surface area contributed by atoms with Crippen LogP contribution >= 0.6 is 0 Å². The van der Waals surface area contributed by atoms with Crippen LogP contribution < -0.4 is 11.1 Å². The summed E-state index contributed by atoms with van der Waals surface area (Å²) < 4.78 is 0. The first kappa shape index (κ1) is 13.5. The van der Waals surface area contributed by atoms with Crippen molar-refractivity contribution < 1.29 is 4.79 Å². The van der Waals surface area contributed by atoms with Gasteiger partial charge in [-0.1, -0.05) is 0 Å². The smallest absolute Gasteiger partial charge is 0.221 e. The fourth-order valence-corrected chi connectivity index (χ4v) is 2.40. The van der Waals surface area contributed by atoms with Crippen molar-refractivity contribution in [2.75, 3.05) is 26.2 Å². The monoisotopic (exact) mass is 227 g/mol. The van der Waals surface area contributed by atoms with Gasteiger partial charge in [0, 0.05) is 25.6 Å². The number of likely N-dealkylation sites (tertiary alicyclic amines) is 1. The van der Waals surface area contributed by atoms with Crippen LogP contribution in [0.3, 0.4) is 0 Å². The third-order valence-electron chi connectivity index (χ3n) is 3.24. The summed E-state index contributed by atoms with van der Waals surface area (Å²) in [4.78, 5) is 13.8. The van der Waals surface area contributed by atoms with Crippen LogP contribution in [-0.4, -0.2) is 43.0 Å². The lowest BCUT2D eigenvalue weighted by Crippen LogP contribution is -2.34. The Morgan fingerprint density at radius 2 is 2.38 bits per heavy atom. The van der Waals surface area contributed by atoms with Crippen molar-refractivity contribution in [3.63, 3.8) is 0 Å². The summed E-state index contributed by atoms with van der Waals surface area (Å²) >= 11 is 0. The van der Waals surface area contributed by atoms with Gasteiger partial charge in [0.1, 0.15) is 0 Å². The molecule has 1 atom stereocenters. The highest BCUT2D eigenvalue weighted by Crippen LogP contribution is 2.20. The molecule has 0 saturated carbocycles. The summed E-state index contributed by atoms with van der Waals surface area (Å²) in [6, 6.07) is 0.665. The molecule has 0 radical (unpaired) electrons. The molecule has 1 saturated heterocycles. The molecule has 1 heterocycles. The number of carbonyl (C=O) groups excluding carboxylic acids is 1. The SMILES string of the molecule is CCNC(=O)CCN1CCCC1CCCN. The van der Waals surface area contributed by atoms with Gasteiger partial charge in [0.25, 0.3) is 0 Å². The van der Waals surface area contributed by atoms with Crippen molar-refractivity contribution >= 4 is 5.91 Å². The van der Waals surface area contributed by atoms with E-state index in [1.54, 1.807) is 0 Å². The average molecular weight is 227 g/mol. The molecule has 0 aromatic rings. The summed E-state index contributed by atoms with van der Waals surface area (Å²) in [6.07, 6.45) is 5.46. The molecule has 0 spiro atoms. The molecular formula is C12H25N3O. The van der Waals surface area contributed by atoms with Gasteiger partial charge in [0.05, 0.1) is 0 Å². The Morgan fingerprint density at radius 3 is 3.06 bits per heavy atom. The summed E-state index contributed by atoms with van der Waals surface area (Å²) in [7, 11) is 0. The average Bonchev–Trinajstić information content (AvgIpc) is 2.71. The molecule has 3 N–H and O–H groups in total. The highest BCUT2D eigenvalue weighted by molar-refractivity contribution is 5.75. The number of carbonyl (C=O) groups is 1. The Labute approximate surface area is 98.6 Å². The number of nitrogens with two attached hydrogens (primary N) is 1. The normalized spacial score (nSPS) is 21.2. The van der Waals surface area contributed by atoms with Crippen molar-refractivity contribution in [2.45, 2.75) is 45.1 Å². The van der Waals surface area contributed by atoms with Crippen LogP contribution in [0.25, 0.3) is 0 Å². The number of nitrogens with zero attached hydrogens (tertiary/aromatic N) is 1. The molecule has 1 rings (SSSR count). The topological polar surface area (TPSA) is 58.4 Å². The van der Waals surface area contributed by atoms with E-state index in [0.717, 1.165) is 32.6 Å². The fourth-order valence-electron chi connectivity index (χ4n) is 2.40. The van der Waals surface area contributed by atoms with Crippen molar-refractivity contribution in [2.24, 2.45) is 5.73 Å². The largest absolute Gasteiger partial charge is 0.356 e. The lowest BCUT2D eigenvalue weighted by Gasteiger charge is -2.23. The van der Waals surface area contributed by atoms with E-state index in [0.29, 0.717) is 12.5 Å². The fraction of sp³-hybridized carbons (Fsp3) is 0.917. The molecule has 16 heavy (non-hydrogen) atoms. The van der Waals surface area contributed by atoms with Crippen LogP contribution in [0.2, 0.25) is 0 Å². The molecule has 0 bridgehead atoms. The van der Waals surface area contributed by atoms with Gasteiger partial charge in [-0.15, -0.1) is 0 Å². The maximum absolute atomic E-state index is 11.4. The van der Waals surface area contributed by atoms with E-state index in [1.165, 1.54) is 19.3 Å². The summed E-state index contributed by atoms with van der Waals surface area (Å²) in [6.45, 7) is 5.52. The van der Waals surface area contributed by atoms with E-state index >= 15 is 0 Å². The van der Waals surface area contributed by atoms with Crippen LogP contribution in [0.1, 0.15) is 39.0 Å². The van der Waals surface area contributed by atoms with Gasteiger partial charge < -0.3 is 11.1 Å². The quantitative estimate of drug-likeness (QED) is 0.673. The summed E-state index contributed by atoms with van der Waals surface area (Å²) in [5, 5.41) is 2.84. The van der Waals surface area contributed by atoms with E-state index < -0.39 is 0 Å². The lowest BCUT2D eigenvalue weighted by atomic mass is 10.1. The minimum absolute atomic E-state index is 0.173. The number of rotatable bonds is 7. The van der Waals surface area contributed by atoms with Crippen molar-refractivity contribution in [3.05, 3.63) is 0 Å². The second-order valence-electron chi connectivity index (χ2n) is 4.47. The van der Waals surface area contributed by atoms with E-state index in [-0.39, 0.29) is 5.91 Å². The van der Waals surface area contributed by atoms with Gasteiger partial charge in [-0.25, -0.2) is 0 Å². The first-order valence-corrected chi connectivity index (χ1v) is 6.48. The maximum Gasteiger partial charge on any atom is 0.221 e. The first-order valence-electron chi connectivity index (χ1n) is 6.48. The standard InChI is InChI=1S/C12H25N3O/c1-2-14-12(16)7-10-15-9-4-6-11(15)5-3-8-13/h11H,2-10,13H2,1H3,(H,14,16). The van der Waals surface area contributed by atoms with Gasteiger partial charge in [0.15, 0.2) is 0 Å². The molecule has 0 aliphatic carbocycles. The molecule has 1 unspecified atom stereocenters. The number of hydrogen-bond donors (Lipinski definition) is 2. The van der Waals surface area contributed by atoms with E-state index in [2.05, 4.69) is 10.2 Å². The van der Waals surface area contributed by atoms with Gasteiger partial charge >= 0.3 is 0 Å². The van der Waals surface area contributed by atoms with E-state index in [9.17, 15) is 4.79 Å². The Kier molecular flexibility index (Phi) is 6.42. The Morgan fingerprint density at radius 1 is 1.56 bits per heavy atom. The molecule has 0 aromatic heterocycles. The zero-order valence-corrected chi connectivity index (χ0v) is 10.4. The maximum atomic E-state index is 11.4. The number of amides is 1. The molecule has 1 aliphatic heterocycles. The van der Waals surface area contributed by atoms with Crippen molar-refractivity contribution in [3.8, 4) is 0 Å². The van der Waals surface area contributed by atoms with E-state index in [4.69, 9.17) is 5.73 Å². The summed E-state index contributed by atoms with van der Waals surface area (Å²) in [5.41, 5.74) is 5.53. The highest BCUT2D eigenvalue weighted by atomic mass is 16.1. The minimum Gasteiger partial charge on any atom is -0.356 e. The van der Waals surface area contributed by atoms with Crippen molar-refractivity contribution in [1.82, 2.24) is 10.2 Å². The molecule has 0 aromatic carbocycles. The Hall–Kier alpha value is -0.610. The van der Waals surface area contributed by atoms with Gasteiger partial charge in [0.2, 0.25) is 5.91 Å². The second-order valence-corrected chi connectivity index (χ2v) is 4.47. The second kappa shape index (κ2) is 7.63. The molecule has 94 valence electrons. The third-order valence-corrected chi connectivity index (χ3v) is 3.24. The zero-order valence-electron chi connectivity index (χ0n) is 10.4. The van der Waals surface area contributed by atoms with Crippen LogP contribution in [0.5, 0.6) is 0 Å². The Balaban J connectivity index is 2.21. The van der Waals surface area contributed by atoms with Crippen molar-refractivity contribution in [1.29, 1.82) is 0 Å². The predicted octanol–water partition coefficient (Wildman–Crippen LogP) is 0.716. The van der Waals surface area contributed by atoms with Gasteiger partial charge in [-0.05, 0) is 45.7 Å².